The third kappa shape index (κ3) is 4.40. The van der Waals surface area contributed by atoms with E-state index in [1.165, 1.54) is 0 Å². The van der Waals surface area contributed by atoms with Gasteiger partial charge in [0.15, 0.2) is 11.9 Å². The first-order chi connectivity index (χ1) is 14.1. The minimum atomic E-state index is -0.941. The van der Waals surface area contributed by atoms with E-state index in [2.05, 4.69) is 20.8 Å². The summed E-state index contributed by atoms with van der Waals surface area (Å²) < 4.78 is 17.0. The molecule has 0 aliphatic carbocycles. The van der Waals surface area contributed by atoms with Gasteiger partial charge in [0.2, 0.25) is 11.2 Å². The van der Waals surface area contributed by atoms with E-state index in [1.807, 2.05) is 43.3 Å². The lowest BCUT2D eigenvalue weighted by Gasteiger charge is -2.20. The van der Waals surface area contributed by atoms with E-state index in [4.69, 9.17) is 13.9 Å². The number of esters is 1. The maximum atomic E-state index is 13.2. The van der Waals surface area contributed by atoms with Crippen molar-refractivity contribution in [3.05, 3.63) is 63.8 Å². The molecular weight excluding hydrogens is 380 g/mol. The van der Waals surface area contributed by atoms with Crippen LogP contribution in [0, 0.1) is 6.92 Å². The van der Waals surface area contributed by atoms with Gasteiger partial charge >= 0.3 is 5.97 Å². The quantitative estimate of drug-likeness (QED) is 0.529. The van der Waals surface area contributed by atoms with Gasteiger partial charge in [-0.2, -0.15) is 0 Å². The highest BCUT2D eigenvalue weighted by molar-refractivity contribution is 5.83. The Hall–Kier alpha value is -3.08. The molecule has 30 heavy (non-hydrogen) atoms. The summed E-state index contributed by atoms with van der Waals surface area (Å²) in [6.45, 7) is 11.9. The van der Waals surface area contributed by atoms with Gasteiger partial charge in [-0.25, -0.2) is 4.79 Å². The molecule has 3 rings (SSSR count). The lowest BCUT2D eigenvalue weighted by Crippen LogP contribution is -2.28. The highest BCUT2D eigenvalue weighted by atomic mass is 16.6. The zero-order valence-corrected chi connectivity index (χ0v) is 18.4. The summed E-state index contributed by atoms with van der Waals surface area (Å²) in [5, 5.41) is 0.404. The molecule has 1 heterocycles. The second-order valence-electron chi connectivity index (χ2n) is 8.43. The van der Waals surface area contributed by atoms with Crippen LogP contribution < -0.4 is 10.2 Å². The first kappa shape index (κ1) is 21.6. The van der Waals surface area contributed by atoms with Crippen LogP contribution in [0.2, 0.25) is 0 Å². The molecular formula is C25H28O5. The minimum absolute atomic E-state index is 0.00236. The Bertz CT molecular complexity index is 1120. The van der Waals surface area contributed by atoms with Crippen molar-refractivity contribution >= 4 is 16.9 Å². The monoisotopic (exact) mass is 408 g/mol. The van der Waals surface area contributed by atoms with Crippen LogP contribution in [0.1, 0.15) is 45.7 Å². The Morgan fingerprint density at radius 2 is 1.77 bits per heavy atom. The first-order valence-electron chi connectivity index (χ1n) is 10.1. The number of carbonyl (C=O) groups is 1. The molecule has 1 atom stereocenters. The molecule has 0 saturated heterocycles. The largest absolute Gasteiger partial charge is 0.471 e. The van der Waals surface area contributed by atoms with E-state index >= 15 is 0 Å². The van der Waals surface area contributed by atoms with Gasteiger partial charge in [0.05, 0.1) is 12.0 Å². The van der Waals surface area contributed by atoms with Crippen molar-refractivity contribution in [2.24, 2.45) is 0 Å². The van der Waals surface area contributed by atoms with E-state index in [-0.39, 0.29) is 23.2 Å². The van der Waals surface area contributed by atoms with Gasteiger partial charge in [0.25, 0.3) is 0 Å². The summed E-state index contributed by atoms with van der Waals surface area (Å²) in [5.41, 5.74) is 3.00. The van der Waals surface area contributed by atoms with Crippen molar-refractivity contribution in [2.75, 3.05) is 6.61 Å². The predicted molar refractivity (Wildman–Crippen MR) is 118 cm³/mol. The molecule has 0 fully saturated rings. The number of carbonyl (C=O) groups excluding carboxylic acids is 1. The molecule has 0 unspecified atom stereocenters. The molecule has 0 aliphatic rings. The number of benzene rings is 2. The molecule has 0 bridgehead atoms. The van der Waals surface area contributed by atoms with Crippen LogP contribution in [0.25, 0.3) is 22.3 Å². The van der Waals surface area contributed by atoms with Gasteiger partial charge in [-0.1, -0.05) is 51.1 Å². The van der Waals surface area contributed by atoms with Gasteiger partial charge in [-0.15, -0.1) is 0 Å². The summed E-state index contributed by atoms with van der Waals surface area (Å²) in [6, 6.07) is 13.2. The topological polar surface area (TPSA) is 65.7 Å². The molecule has 0 radical (unpaired) electrons. The summed E-state index contributed by atoms with van der Waals surface area (Å²) in [6.07, 6.45) is -0.941. The van der Waals surface area contributed by atoms with Crippen molar-refractivity contribution in [2.45, 2.75) is 53.1 Å². The predicted octanol–water partition coefficient (Wildman–Crippen LogP) is 5.40. The zero-order valence-electron chi connectivity index (χ0n) is 18.4. The maximum absolute atomic E-state index is 13.2. The van der Waals surface area contributed by atoms with Gasteiger partial charge in [0, 0.05) is 5.56 Å². The SMILES string of the molecule is CCOC(=O)[C@@H](C)Oc1c(-c2ccc(C(C)(C)C)cc2)oc2cc(C)ccc2c1=O. The van der Waals surface area contributed by atoms with Crippen LogP contribution in [0.5, 0.6) is 5.75 Å². The lowest BCUT2D eigenvalue weighted by atomic mass is 9.86. The number of hydrogen-bond donors (Lipinski definition) is 0. The fourth-order valence-electron chi connectivity index (χ4n) is 3.19. The Kier molecular flexibility index (Phi) is 6.01. The van der Waals surface area contributed by atoms with Crippen LogP contribution in [-0.4, -0.2) is 18.7 Å². The highest BCUT2D eigenvalue weighted by Gasteiger charge is 2.24. The highest BCUT2D eigenvalue weighted by Crippen LogP contribution is 2.33. The summed E-state index contributed by atoms with van der Waals surface area (Å²) in [7, 11) is 0. The van der Waals surface area contributed by atoms with Crippen molar-refractivity contribution < 1.29 is 18.7 Å². The van der Waals surface area contributed by atoms with Crippen molar-refractivity contribution in [1.82, 2.24) is 0 Å². The van der Waals surface area contributed by atoms with Gasteiger partial charge < -0.3 is 13.9 Å². The zero-order chi connectivity index (χ0) is 22.1. The van der Waals surface area contributed by atoms with Crippen LogP contribution in [0.3, 0.4) is 0 Å². The summed E-state index contributed by atoms with van der Waals surface area (Å²) in [5.74, 6) is -0.222. The van der Waals surface area contributed by atoms with Gasteiger partial charge in [0.1, 0.15) is 5.58 Å². The Morgan fingerprint density at radius 3 is 2.37 bits per heavy atom. The van der Waals surface area contributed by atoms with E-state index in [9.17, 15) is 9.59 Å². The van der Waals surface area contributed by atoms with Crippen LogP contribution in [-0.2, 0) is 14.9 Å². The normalized spacial score (nSPS) is 12.6. The fraction of sp³-hybridized carbons (Fsp3) is 0.360. The van der Waals surface area contributed by atoms with Crippen LogP contribution in [0.15, 0.2) is 51.7 Å². The summed E-state index contributed by atoms with van der Waals surface area (Å²) >= 11 is 0. The van der Waals surface area contributed by atoms with Gasteiger partial charge in [-0.3, -0.25) is 4.79 Å². The number of rotatable bonds is 5. The molecule has 0 spiro atoms. The summed E-state index contributed by atoms with van der Waals surface area (Å²) in [4.78, 5) is 25.3. The molecule has 5 nitrogen and oxygen atoms in total. The standard InChI is InChI=1S/C25H28O5/c1-7-28-24(27)16(3)29-23-21(26)19-13-8-15(2)14-20(19)30-22(23)17-9-11-18(12-10-17)25(4,5)6/h8-14,16H,7H2,1-6H3/t16-/m1/s1. The molecule has 3 aromatic rings. The van der Waals surface area contributed by atoms with E-state index in [1.54, 1.807) is 19.9 Å². The average Bonchev–Trinajstić information content (AvgIpc) is 2.69. The van der Waals surface area contributed by atoms with E-state index < -0.39 is 12.1 Å². The smallest absolute Gasteiger partial charge is 0.347 e. The number of ether oxygens (including phenoxy) is 2. The second kappa shape index (κ2) is 8.34. The number of hydrogen-bond acceptors (Lipinski definition) is 5. The third-order valence-corrected chi connectivity index (χ3v) is 4.93. The molecule has 5 heteroatoms. The average molecular weight is 408 g/mol. The molecule has 0 N–H and O–H groups in total. The molecule has 0 aliphatic heterocycles. The molecule has 158 valence electrons. The lowest BCUT2D eigenvalue weighted by molar-refractivity contribution is -0.150. The second-order valence-corrected chi connectivity index (χ2v) is 8.43. The Morgan fingerprint density at radius 1 is 1.10 bits per heavy atom. The fourth-order valence-corrected chi connectivity index (χ4v) is 3.19. The van der Waals surface area contributed by atoms with E-state index in [0.29, 0.717) is 22.3 Å². The van der Waals surface area contributed by atoms with Crippen LogP contribution in [0.4, 0.5) is 0 Å². The van der Waals surface area contributed by atoms with Crippen molar-refractivity contribution in [3.8, 4) is 17.1 Å². The molecule has 0 amide bonds. The van der Waals surface area contributed by atoms with Gasteiger partial charge in [-0.05, 0) is 49.4 Å². The maximum Gasteiger partial charge on any atom is 0.347 e. The molecule has 0 saturated carbocycles. The number of aryl methyl sites for hydroxylation is 1. The molecule has 1 aromatic heterocycles. The van der Waals surface area contributed by atoms with E-state index in [0.717, 1.165) is 11.1 Å². The van der Waals surface area contributed by atoms with Crippen LogP contribution >= 0.6 is 0 Å². The Balaban J connectivity index is 2.17. The van der Waals surface area contributed by atoms with Crippen molar-refractivity contribution in [3.63, 3.8) is 0 Å². The Labute approximate surface area is 176 Å². The third-order valence-electron chi connectivity index (χ3n) is 4.93. The van der Waals surface area contributed by atoms with Crippen molar-refractivity contribution in [1.29, 1.82) is 0 Å². The first-order valence-corrected chi connectivity index (χ1v) is 10.1. The minimum Gasteiger partial charge on any atom is -0.471 e. The molecule has 2 aromatic carbocycles. The number of fused-ring (bicyclic) bond motifs is 1.